The molecule has 0 aliphatic carbocycles. The van der Waals surface area contributed by atoms with Crippen LogP contribution in [0.25, 0.3) is 0 Å². The summed E-state index contributed by atoms with van der Waals surface area (Å²) in [5.41, 5.74) is -1.27. The van der Waals surface area contributed by atoms with Crippen LogP contribution in [-0.4, -0.2) is 29.6 Å². The smallest absolute Gasteiger partial charge is 0.170 e. The Hall–Kier alpha value is -0.480. The second kappa shape index (κ2) is 4.84. The van der Waals surface area contributed by atoms with Crippen LogP contribution in [0.1, 0.15) is 41.0 Å². The molecule has 0 fully saturated rings. The first-order chi connectivity index (χ1) is 6.16. The summed E-state index contributed by atoms with van der Waals surface area (Å²) in [5.74, 6) is 0. The minimum absolute atomic E-state index is 0.0522. The van der Waals surface area contributed by atoms with Crippen LogP contribution in [0, 0.1) is 0 Å². The Morgan fingerprint density at radius 1 is 1.29 bits per heavy atom. The van der Waals surface area contributed by atoms with Gasteiger partial charge in [-0.15, -0.1) is 0 Å². The number of methoxy groups -OCH3 is 1. The highest BCUT2D eigenvalue weighted by Crippen LogP contribution is 2.18. The third-order valence-corrected chi connectivity index (χ3v) is 1.84. The van der Waals surface area contributed by atoms with Crippen molar-refractivity contribution in [2.75, 3.05) is 7.11 Å². The molecule has 0 radical (unpaired) electrons. The summed E-state index contributed by atoms with van der Waals surface area (Å²) >= 11 is 0. The van der Waals surface area contributed by atoms with Crippen LogP contribution in [0.5, 0.6) is 0 Å². The first-order valence-corrected chi connectivity index (χ1v) is 4.86. The number of rotatable bonds is 5. The fourth-order valence-electron chi connectivity index (χ4n) is 1.08. The van der Waals surface area contributed by atoms with E-state index in [-0.39, 0.29) is 11.6 Å². The van der Waals surface area contributed by atoms with Gasteiger partial charge in [-0.3, -0.25) is 0 Å². The van der Waals surface area contributed by atoms with E-state index in [2.05, 4.69) is 10.2 Å². The van der Waals surface area contributed by atoms with Crippen molar-refractivity contribution < 1.29 is 9.84 Å². The van der Waals surface area contributed by atoms with Crippen molar-refractivity contribution in [2.45, 2.75) is 58.4 Å². The van der Waals surface area contributed by atoms with E-state index in [0.717, 1.165) is 6.42 Å². The fraction of sp³-hybridized carbons (Fsp3) is 1.00. The number of aliphatic hydroxyl groups is 1. The molecule has 0 aromatic carbocycles. The van der Waals surface area contributed by atoms with Gasteiger partial charge in [0.15, 0.2) is 5.72 Å². The summed E-state index contributed by atoms with van der Waals surface area (Å²) in [4.78, 5) is 0. The molecule has 14 heavy (non-hydrogen) atoms. The lowest BCUT2D eigenvalue weighted by Crippen LogP contribution is -2.27. The van der Waals surface area contributed by atoms with Crippen molar-refractivity contribution in [3.63, 3.8) is 0 Å². The normalized spacial score (nSPS) is 16.2. The SMILES string of the molecule is COC(C)(C)CC(C)N=NC(C)(C)O. The van der Waals surface area contributed by atoms with Crippen LogP contribution >= 0.6 is 0 Å². The van der Waals surface area contributed by atoms with E-state index in [9.17, 15) is 5.11 Å². The average Bonchev–Trinajstić information content (AvgIpc) is 1.99. The molecule has 0 bridgehead atoms. The van der Waals surface area contributed by atoms with Crippen LogP contribution in [0.4, 0.5) is 0 Å². The molecule has 1 atom stereocenters. The molecular formula is C10H22N2O2. The second-order valence-corrected chi connectivity index (χ2v) is 4.73. The molecule has 0 aromatic heterocycles. The summed E-state index contributed by atoms with van der Waals surface area (Å²) in [5, 5.41) is 17.2. The predicted octanol–water partition coefficient (Wildman–Crippen LogP) is 2.37. The number of ether oxygens (including phenoxy) is 1. The zero-order valence-corrected chi connectivity index (χ0v) is 10.0. The molecule has 0 rings (SSSR count). The Balaban J connectivity index is 4.11. The summed E-state index contributed by atoms with van der Waals surface area (Å²) in [6.45, 7) is 9.16. The second-order valence-electron chi connectivity index (χ2n) is 4.73. The highest BCUT2D eigenvalue weighted by atomic mass is 16.5. The van der Waals surface area contributed by atoms with Crippen molar-refractivity contribution in [3.05, 3.63) is 0 Å². The number of nitrogens with zero attached hydrogens (tertiary/aromatic N) is 2. The lowest BCUT2D eigenvalue weighted by atomic mass is 10.0. The van der Waals surface area contributed by atoms with Crippen molar-refractivity contribution in [2.24, 2.45) is 10.2 Å². The molecule has 0 saturated heterocycles. The van der Waals surface area contributed by atoms with Gasteiger partial charge in [-0.05, 0) is 41.0 Å². The van der Waals surface area contributed by atoms with Crippen molar-refractivity contribution in [1.29, 1.82) is 0 Å². The Bertz CT molecular complexity index is 195. The van der Waals surface area contributed by atoms with Gasteiger partial charge >= 0.3 is 0 Å². The van der Waals surface area contributed by atoms with Gasteiger partial charge in [-0.2, -0.15) is 10.2 Å². The van der Waals surface area contributed by atoms with Gasteiger partial charge in [0.25, 0.3) is 0 Å². The number of azo groups is 1. The van der Waals surface area contributed by atoms with Gasteiger partial charge in [0, 0.05) is 7.11 Å². The average molecular weight is 202 g/mol. The lowest BCUT2D eigenvalue weighted by Gasteiger charge is -2.24. The lowest BCUT2D eigenvalue weighted by molar-refractivity contribution is 0.00971. The zero-order chi connectivity index (χ0) is 11.4. The Labute approximate surface area is 86.4 Å². The molecule has 0 amide bonds. The fourth-order valence-corrected chi connectivity index (χ4v) is 1.08. The topological polar surface area (TPSA) is 54.2 Å². The Morgan fingerprint density at radius 2 is 1.79 bits per heavy atom. The van der Waals surface area contributed by atoms with Crippen LogP contribution in [-0.2, 0) is 4.74 Å². The minimum Gasteiger partial charge on any atom is -0.379 e. The van der Waals surface area contributed by atoms with Gasteiger partial charge in [0.1, 0.15) is 0 Å². The zero-order valence-electron chi connectivity index (χ0n) is 10.0. The first kappa shape index (κ1) is 13.5. The summed E-state index contributed by atoms with van der Waals surface area (Å²) in [6.07, 6.45) is 0.781. The minimum atomic E-state index is -1.08. The number of hydrogen-bond acceptors (Lipinski definition) is 4. The van der Waals surface area contributed by atoms with Gasteiger partial charge < -0.3 is 9.84 Å². The molecule has 0 spiro atoms. The third kappa shape index (κ3) is 6.97. The summed E-state index contributed by atoms with van der Waals surface area (Å²) < 4.78 is 5.28. The van der Waals surface area contributed by atoms with Crippen LogP contribution in [0.2, 0.25) is 0 Å². The van der Waals surface area contributed by atoms with Crippen molar-refractivity contribution in [1.82, 2.24) is 0 Å². The maximum absolute atomic E-state index is 9.33. The molecule has 84 valence electrons. The van der Waals surface area contributed by atoms with Crippen LogP contribution < -0.4 is 0 Å². The van der Waals surface area contributed by atoms with E-state index in [1.165, 1.54) is 0 Å². The highest BCUT2D eigenvalue weighted by Gasteiger charge is 2.20. The van der Waals surface area contributed by atoms with Gasteiger partial charge in [-0.1, -0.05) is 0 Å². The van der Waals surface area contributed by atoms with Gasteiger partial charge in [-0.25, -0.2) is 0 Å². The standard InChI is InChI=1S/C10H22N2O2/c1-8(7-9(2,3)14-6)11-12-10(4,5)13/h8,13H,7H2,1-6H3. The van der Waals surface area contributed by atoms with E-state index in [4.69, 9.17) is 4.74 Å². The molecule has 0 aromatic rings. The number of hydrogen-bond donors (Lipinski definition) is 1. The van der Waals surface area contributed by atoms with Gasteiger partial charge in [0.05, 0.1) is 11.6 Å². The van der Waals surface area contributed by atoms with Crippen LogP contribution in [0.15, 0.2) is 10.2 Å². The van der Waals surface area contributed by atoms with E-state index in [1.807, 2.05) is 20.8 Å². The van der Waals surface area contributed by atoms with Crippen molar-refractivity contribution in [3.8, 4) is 0 Å². The van der Waals surface area contributed by atoms with E-state index in [1.54, 1.807) is 21.0 Å². The molecular weight excluding hydrogens is 180 g/mol. The molecule has 0 aliphatic heterocycles. The van der Waals surface area contributed by atoms with Crippen molar-refractivity contribution >= 4 is 0 Å². The van der Waals surface area contributed by atoms with Crippen LogP contribution in [0.3, 0.4) is 0 Å². The monoisotopic (exact) mass is 202 g/mol. The highest BCUT2D eigenvalue weighted by molar-refractivity contribution is 4.74. The molecule has 1 unspecified atom stereocenters. The maximum Gasteiger partial charge on any atom is 0.170 e. The van der Waals surface area contributed by atoms with Gasteiger partial charge in [0.2, 0.25) is 0 Å². The quantitative estimate of drug-likeness (QED) is 0.696. The Morgan fingerprint density at radius 3 is 2.14 bits per heavy atom. The molecule has 0 heterocycles. The summed E-state index contributed by atoms with van der Waals surface area (Å²) in [6, 6.07) is 0.0522. The third-order valence-electron chi connectivity index (χ3n) is 1.84. The molecule has 4 heteroatoms. The Kier molecular flexibility index (Phi) is 4.68. The largest absolute Gasteiger partial charge is 0.379 e. The molecule has 1 N–H and O–H groups in total. The molecule has 0 saturated carbocycles. The molecule has 4 nitrogen and oxygen atoms in total. The first-order valence-electron chi connectivity index (χ1n) is 4.86. The van der Waals surface area contributed by atoms with E-state index < -0.39 is 5.72 Å². The summed E-state index contributed by atoms with van der Waals surface area (Å²) in [7, 11) is 1.68. The molecule has 0 aliphatic rings. The van der Waals surface area contributed by atoms with E-state index >= 15 is 0 Å². The van der Waals surface area contributed by atoms with E-state index in [0.29, 0.717) is 0 Å². The maximum atomic E-state index is 9.33. The predicted molar refractivity (Wildman–Crippen MR) is 56.3 cm³/mol.